The molecule has 0 spiro atoms. The number of nitrogens with one attached hydrogen (secondary N) is 2. The first kappa shape index (κ1) is 21.2. The number of allylic oxidation sites excluding steroid dienone is 1. The summed E-state index contributed by atoms with van der Waals surface area (Å²) in [6.07, 6.45) is 5.54. The van der Waals surface area contributed by atoms with Crippen LogP contribution in [-0.2, 0) is 11.2 Å². The first-order valence-electron chi connectivity index (χ1n) is 9.33. The van der Waals surface area contributed by atoms with E-state index in [0.29, 0.717) is 6.42 Å². The van der Waals surface area contributed by atoms with E-state index in [2.05, 4.69) is 35.4 Å². The molecule has 2 aromatic carbocycles. The monoisotopic (exact) mass is 350 g/mol. The summed E-state index contributed by atoms with van der Waals surface area (Å²) in [6, 6.07) is 16.1. The molecular weight excluding hydrogens is 320 g/mol. The molecule has 26 heavy (non-hydrogen) atoms. The van der Waals surface area contributed by atoms with Crippen molar-refractivity contribution in [1.82, 2.24) is 0 Å². The minimum atomic E-state index is 0.128. The molecule has 0 radical (unpaired) electrons. The van der Waals surface area contributed by atoms with Crippen LogP contribution in [0.5, 0.6) is 0 Å². The third-order valence-corrected chi connectivity index (χ3v) is 3.63. The van der Waals surface area contributed by atoms with Crippen LogP contribution < -0.4 is 10.6 Å². The Hall–Kier alpha value is -2.81. The summed E-state index contributed by atoms with van der Waals surface area (Å²) in [5.74, 6) is 0.128. The average Bonchev–Trinajstić information content (AvgIpc) is 2.71. The lowest BCUT2D eigenvalue weighted by atomic mass is 10.0. The van der Waals surface area contributed by atoms with E-state index in [4.69, 9.17) is 0 Å². The lowest BCUT2D eigenvalue weighted by Gasteiger charge is -2.15. The van der Waals surface area contributed by atoms with Gasteiger partial charge in [-0.15, -0.1) is 0 Å². The number of rotatable bonds is 0. The Morgan fingerprint density at radius 2 is 1.38 bits per heavy atom. The molecule has 2 aliphatic heterocycles. The van der Waals surface area contributed by atoms with Crippen LogP contribution in [-0.4, -0.2) is 5.91 Å². The number of anilines is 2. The van der Waals surface area contributed by atoms with E-state index >= 15 is 0 Å². The number of aryl methyl sites for hydroxylation is 1. The maximum atomic E-state index is 10.9. The molecule has 0 aromatic heterocycles. The summed E-state index contributed by atoms with van der Waals surface area (Å²) in [7, 11) is 0. The van der Waals surface area contributed by atoms with Gasteiger partial charge in [-0.25, -0.2) is 0 Å². The molecule has 0 saturated heterocycles. The third-order valence-electron chi connectivity index (χ3n) is 3.63. The molecule has 0 saturated carbocycles. The van der Waals surface area contributed by atoms with Crippen molar-refractivity contribution in [1.29, 1.82) is 0 Å². The minimum Gasteiger partial charge on any atom is -0.356 e. The zero-order valence-electron chi connectivity index (χ0n) is 16.3. The quantitative estimate of drug-likeness (QED) is 0.588. The number of benzene rings is 2. The molecule has 0 atom stereocenters. The van der Waals surface area contributed by atoms with Crippen molar-refractivity contribution in [2.24, 2.45) is 0 Å². The van der Waals surface area contributed by atoms with Gasteiger partial charge in [-0.05, 0) is 35.8 Å². The van der Waals surface area contributed by atoms with Crippen LogP contribution in [0.3, 0.4) is 0 Å². The molecule has 2 N–H and O–H groups in total. The SMILES string of the molecule is C=C1C=Cc2ccccc2N1.CC.CC.O=C1CCc2ccccc2N1. The average molecular weight is 351 g/mol. The van der Waals surface area contributed by atoms with Crippen molar-refractivity contribution in [3.8, 4) is 0 Å². The largest absolute Gasteiger partial charge is 0.356 e. The highest BCUT2D eigenvalue weighted by molar-refractivity contribution is 5.93. The first-order chi connectivity index (χ1) is 12.7. The third kappa shape index (κ3) is 6.25. The molecule has 0 aliphatic carbocycles. The fourth-order valence-electron chi connectivity index (χ4n) is 2.48. The molecule has 0 bridgehead atoms. The van der Waals surface area contributed by atoms with Gasteiger partial charge in [0.05, 0.1) is 0 Å². The molecule has 2 heterocycles. The standard InChI is InChI=1S/C10H9N.C9H9NO.2C2H6/c1-8-6-7-9-4-2-3-5-10(9)11-8;11-9-6-5-7-3-1-2-4-8(7)10-9;2*1-2/h2-7,11H,1H2;1-4H,5-6H2,(H,10,11);2*1-2H3. The van der Waals surface area contributed by atoms with Gasteiger partial charge in [-0.2, -0.15) is 0 Å². The molecule has 1 amide bonds. The van der Waals surface area contributed by atoms with E-state index in [9.17, 15) is 4.79 Å². The second kappa shape index (κ2) is 11.7. The predicted molar refractivity (Wildman–Crippen MR) is 114 cm³/mol. The van der Waals surface area contributed by atoms with Crippen LogP contribution in [0.25, 0.3) is 6.08 Å². The number of para-hydroxylation sites is 2. The Morgan fingerprint density at radius 3 is 2.12 bits per heavy atom. The Kier molecular flexibility index (Phi) is 9.55. The summed E-state index contributed by atoms with van der Waals surface area (Å²) >= 11 is 0. The van der Waals surface area contributed by atoms with E-state index in [1.807, 2.05) is 70.2 Å². The van der Waals surface area contributed by atoms with Crippen molar-refractivity contribution in [2.45, 2.75) is 40.5 Å². The lowest BCUT2D eigenvalue weighted by Crippen LogP contribution is -2.18. The van der Waals surface area contributed by atoms with Gasteiger partial charge in [0.25, 0.3) is 0 Å². The van der Waals surface area contributed by atoms with Gasteiger partial charge in [0.1, 0.15) is 0 Å². The van der Waals surface area contributed by atoms with Gasteiger partial charge >= 0.3 is 0 Å². The van der Waals surface area contributed by atoms with Gasteiger partial charge in [-0.1, -0.05) is 76.7 Å². The van der Waals surface area contributed by atoms with E-state index in [1.54, 1.807) is 0 Å². The summed E-state index contributed by atoms with van der Waals surface area (Å²) in [5, 5.41) is 6.00. The fourth-order valence-corrected chi connectivity index (χ4v) is 2.48. The number of fused-ring (bicyclic) bond motifs is 2. The number of amides is 1. The molecule has 138 valence electrons. The number of hydrogen-bond donors (Lipinski definition) is 2. The fraction of sp³-hybridized carbons (Fsp3) is 0.261. The molecule has 4 rings (SSSR count). The highest BCUT2D eigenvalue weighted by atomic mass is 16.1. The maximum Gasteiger partial charge on any atom is 0.224 e. The molecule has 2 aromatic rings. The summed E-state index contributed by atoms with van der Waals surface area (Å²) in [5.41, 5.74) is 5.53. The highest BCUT2D eigenvalue weighted by Gasteiger charge is 2.12. The van der Waals surface area contributed by atoms with Gasteiger partial charge in [0.15, 0.2) is 0 Å². The van der Waals surface area contributed by atoms with Gasteiger partial charge in [0, 0.05) is 23.5 Å². The van der Waals surface area contributed by atoms with Crippen LogP contribution >= 0.6 is 0 Å². The van der Waals surface area contributed by atoms with Crippen molar-refractivity contribution < 1.29 is 4.79 Å². The molecule has 0 unspecified atom stereocenters. The van der Waals surface area contributed by atoms with E-state index < -0.39 is 0 Å². The van der Waals surface area contributed by atoms with Crippen LogP contribution in [0.1, 0.15) is 45.2 Å². The Bertz CT molecular complexity index is 747. The second-order valence-electron chi connectivity index (χ2n) is 5.28. The Labute approximate surface area is 157 Å². The van der Waals surface area contributed by atoms with E-state index in [0.717, 1.165) is 23.5 Å². The van der Waals surface area contributed by atoms with E-state index in [1.165, 1.54) is 11.1 Å². The Morgan fingerprint density at radius 1 is 0.769 bits per heavy atom. The minimum absolute atomic E-state index is 0.128. The summed E-state index contributed by atoms with van der Waals surface area (Å²) in [6.45, 7) is 11.8. The molecule has 2 aliphatic rings. The topological polar surface area (TPSA) is 41.1 Å². The summed E-state index contributed by atoms with van der Waals surface area (Å²) in [4.78, 5) is 10.9. The van der Waals surface area contributed by atoms with Crippen molar-refractivity contribution in [3.63, 3.8) is 0 Å². The van der Waals surface area contributed by atoms with Gasteiger partial charge < -0.3 is 10.6 Å². The highest BCUT2D eigenvalue weighted by Crippen LogP contribution is 2.23. The number of carbonyl (C=O) groups is 1. The zero-order chi connectivity index (χ0) is 19.4. The molecule has 3 nitrogen and oxygen atoms in total. The zero-order valence-corrected chi connectivity index (χ0v) is 16.3. The van der Waals surface area contributed by atoms with Crippen molar-refractivity contribution >= 4 is 23.4 Å². The lowest BCUT2D eigenvalue weighted by molar-refractivity contribution is -0.116. The maximum absolute atomic E-state index is 10.9. The summed E-state index contributed by atoms with van der Waals surface area (Å²) < 4.78 is 0. The number of hydrogen-bond acceptors (Lipinski definition) is 2. The normalized spacial score (nSPS) is 12.9. The predicted octanol–water partition coefficient (Wildman–Crippen LogP) is 6.26. The van der Waals surface area contributed by atoms with Crippen molar-refractivity contribution in [2.75, 3.05) is 10.6 Å². The van der Waals surface area contributed by atoms with Crippen LogP contribution in [0.15, 0.2) is 66.9 Å². The van der Waals surface area contributed by atoms with E-state index in [-0.39, 0.29) is 5.91 Å². The first-order valence-corrected chi connectivity index (χ1v) is 9.33. The Balaban J connectivity index is 0.000000219. The molecule has 3 heteroatoms. The van der Waals surface area contributed by atoms with Crippen LogP contribution in [0.4, 0.5) is 11.4 Å². The van der Waals surface area contributed by atoms with Crippen LogP contribution in [0, 0.1) is 0 Å². The smallest absolute Gasteiger partial charge is 0.224 e. The molecule has 0 fully saturated rings. The van der Waals surface area contributed by atoms with Crippen molar-refractivity contribution in [3.05, 3.63) is 78.0 Å². The van der Waals surface area contributed by atoms with Gasteiger partial charge in [-0.3, -0.25) is 4.79 Å². The number of carbonyl (C=O) groups excluding carboxylic acids is 1. The molecular formula is C23H30N2O. The van der Waals surface area contributed by atoms with Crippen LogP contribution in [0.2, 0.25) is 0 Å². The second-order valence-corrected chi connectivity index (χ2v) is 5.28. The van der Waals surface area contributed by atoms with Gasteiger partial charge in [0.2, 0.25) is 5.91 Å².